The zero-order valence-corrected chi connectivity index (χ0v) is 18.4. The standard InChI is InChI=1S/C24H33N3O3/c1-17-6-5-7-19(14-17)16-27-12-10-20(11-13-27)26-24(28)25-18(2)22-15-21(29-3)8-9-23(22)30-4/h5-9,14-15,18,20H,10-13,16H2,1-4H3,(H2,25,26,28). The van der Waals surface area contributed by atoms with Crippen LogP contribution in [0, 0.1) is 6.92 Å². The summed E-state index contributed by atoms with van der Waals surface area (Å²) in [5.41, 5.74) is 3.53. The number of likely N-dealkylation sites (tertiary alicyclic amines) is 1. The van der Waals surface area contributed by atoms with Gasteiger partial charge in [0.2, 0.25) is 0 Å². The Bertz CT molecular complexity index is 847. The van der Waals surface area contributed by atoms with Gasteiger partial charge in [0.1, 0.15) is 11.5 Å². The minimum Gasteiger partial charge on any atom is -0.497 e. The summed E-state index contributed by atoms with van der Waals surface area (Å²) in [6, 6.07) is 14.1. The van der Waals surface area contributed by atoms with Gasteiger partial charge in [-0.1, -0.05) is 29.8 Å². The van der Waals surface area contributed by atoms with Crippen LogP contribution in [0.2, 0.25) is 0 Å². The van der Waals surface area contributed by atoms with Gasteiger partial charge in [-0.05, 0) is 50.5 Å². The first-order chi connectivity index (χ1) is 14.5. The molecule has 1 unspecified atom stereocenters. The minimum atomic E-state index is -0.198. The number of carbonyl (C=O) groups is 1. The lowest BCUT2D eigenvalue weighted by Crippen LogP contribution is -2.48. The summed E-state index contributed by atoms with van der Waals surface area (Å²) < 4.78 is 10.7. The van der Waals surface area contributed by atoms with Crippen LogP contribution >= 0.6 is 0 Å². The van der Waals surface area contributed by atoms with E-state index in [1.807, 2.05) is 25.1 Å². The van der Waals surface area contributed by atoms with E-state index < -0.39 is 0 Å². The number of aryl methyl sites for hydroxylation is 1. The monoisotopic (exact) mass is 411 g/mol. The maximum atomic E-state index is 12.6. The van der Waals surface area contributed by atoms with E-state index in [0.29, 0.717) is 0 Å². The van der Waals surface area contributed by atoms with E-state index in [0.717, 1.165) is 49.5 Å². The van der Waals surface area contributed by atoms with Crippen molar-refractivity contribution in [3.63, 3.8) is 0 Å². The Morgan fingerprint density at radius 1 is 1.13 bits per heavy atom. The molecule has 2 N–H and O–H groups in total. The number of benzene rings is 2. The number of urea groups is 1. The van der Waals surface area contributed by atoms with Gasteiger partial charge in [0, 0.05) is 31.2 Å². The molecule has 1 heterocycles. The van der Waals surface area contributed by atoms with E-state index in [9.17, 15) is 4.79 Å². The van der Waals surface area contributed by atoms with E-state index >= 15 is 0 Å². The van der Waals surface area contributed by atoms with Crippen LogP contribution in [-0.4, -0.2) is 44.3 Å². The second kappa shape index (κ2) is 10.3. The Balaban J connectivity index is 1.48. The maximum Gasteiger partial charge on any atom is 0.315 e. The Morgan fingerprint density at radius 2 is 1.90 bits per heavy atom. The predicted molar refractivity (Wildman–Crippen MR) is 119 cm³/mol. The molecule has 0 aliphatic carbocycles. The summed E-state index contributed by atoms with van der Waals surface area (Å²) in [6.07, 6.45) is 1.91. The molecule has 162 valence electrons. The molecule has 0 radical (unpaired) electrons. The van der Waals surface area contributed by atoms with Gasteiger partial charge in [-0.25, -0.2) is 4.79 Å². The number of ether oxygens (including phenoxy) is 2. The molecular formula is C24H33N3O3. The Kier molecular flexibility index (Phi) is 7.57. The molecule has 0 saturated carbocycles. The fourth-order valence-electron chi connectivity index (χ4n) is 3.98. The molecule has 0 spiro atoms. The molecule has 1 aliphatic heterocycles. The van der Waals surface area contributed by atoms with E-state index in [2.05, 4.69) is 46.7 Å². The molecule has 3 rings (SSSR count). The average Bonchev–Trinajstić information content (AvgIpc) is 2.74. The highest BCUT2D eigenvalue weighted by atomic mass is 16.5. The number of methoxy groups -OCH3 is 2. The Morgan fingerprint density at radius 3 is 2.57 bits per heavy atom. The molecule has 0 aromatic heterocycles. The normalized spacial score (nSPS) is 16.0. The molecular weight excluding hydrogens is 378 g/mol. The van der Waals surface area contributed by atoms with E-state index in [-0.39, 0.29) is 18.1 Å². The van der Waals surface area contributed by atoms with Gasteiger partial charge >= 0.3 is 6.03 Å². The van der Waals surface area contributed by atoms with E-state index in [4.69, 9.17) is 9.47 Å². The lowest BCUT2D eigenvalue weighted by atomic mass is 10.0. The van der Waals surface area contributed by atoms with Gasteiger partial charge in [0.05, 0.1) is 20.3 Å². The summed E-state index contributed by atoms with van der Waals surface area (Å²) in [7, 11) is 3.25. The van der Waals surface area contributed by atoms with Gasteiger partial charge < -0.3 is 20.1 Å². The lowest BCUT2D eigenvalue weighted by Gasteiger charge is -2.32. The fraction of sp³-hybridized carbons (Fsp3) is 0.458. The molecule has 1 aliphatic rings. The number of hydrogen-bond donors (Lipinski definition) is 2. The lowest BCUT2D eigenvalue weighted by molar-refractivity contribution is 0.186. The van der Waals surface area contributed by atoms with Crippen molar-refractivity contribution in [2.75, 3.05) is 27.3 Å². The Hall–Kier alpha value is -2.73. The number of amides is 2. The van der Waals surface area contributed by atoms with Gasteiger partial charge in [-0.15, -0.1) is 0 Å². The van der Waals surface area contributed by atoms with Crippen LogP contribution in [0.15, 0.2) is 42.5 Å². The van der Waals surface area contributed by atoms with Gasteiger partial charge in [-0.3, -0.25) is 4.90 Å². The van der Waals surface area contributed by atoms with Gasteiger partial charge in [-0.2, -0.15) is 0 Å². The largest absolute Gasteiger partial charge is 0.497 e. The second-order valence-electron chi connectivity index (χ2n) is 7.99. The molecule has 2 amide bonds. The van der Waals surface area contributed by atoms with Crippen LogP contribution in [0.25, 0.3) is 0 Å². The average molecular weight is 412 g/mol. The molecule has 2 aromatic carbocycles. The summed E-state index contributed by atoms with van der Waals surface area (Å²) in [6.45, 7) is 7.01. The number of carbonyl (C=O) groups excluding carboxylic acids is 1. The quantitative estimate of drug-likeness (QED) is 0.722. The predicted octanol–water partition coefficient (Wildman–Crippen LogP) is 4.04. The third-order valence-corrected chi connectivity index (χ3v) is 5.66. The molecule has 1 atom stereocenters. The van der Waals surface area contributed by atoms with E-state index in [1.165, 1.54) is 11.1 Å². The van der Waals surface area contributed by atoms with Crippen molar-refractivity contribution in [1.82, 2.24) is 15.5 Å². The van der Waals surface area contributed by atoms with Crippen molar-refractivity contribution < 1.29 is 14.3 Å². The number of piperidine rings is 1. The van der Waals surface area contributed by atoms with Crippen molar-refractivity contribution in [1.29, 1.82) is 0 Å². The zero-order chi connectivity index (χ0) is 21.5. The first-order valence-electron chi connectivity index (χ1n) is 10.6. The number of hydrogen-bond acceptors (Lipinski definition) is 4. The van der Waals surface area contributed by atoms with Crippen LogP contribution in [-0.2, 0) is 6.54 Å². The number of rotatable bonds is 7. The highest BCUT2D eigenvalue weighted by Gasteiger charge is 2.22. The summed E-state index contributed by atoms with van der Waals surface area (Å²) >= 11 is 0. The molecule has 6 nitrogen and oxygen atoms in total. The molecule has 6 heteroatoms. The first kappa shape index (κ1) is 22.0. The first-order valence-corrected chi connectivity index (χ1v) is 10.6. The zero-order valence-electron chi connectivity index (χ0n) is 18.4. The van der Waals surface area contributed by atoms with Crippen LogP contribution in [0.3, 0.4) is 0 Å². The minimum absolute atomic E-state index is 0.149. The van der Waals surface area contributed by atoms with Crippen LogP contribution in [0.5, 0.6) is 11.5 Å². The van der Waals surface area contributed by atoms with Crippen LogP contribution in [0.4, 0.5) is 4.79 Å². The molecule has 1 fully saturated rings. The topological polar surface area (TPSA) is 62.8 Å². The SMILES string of the molecule is COc1ccc(OC)c(C(C)NC(=O)NC2CCN(Cc3cccc(C)c3)CC2)c1. The highest BCUT2D eigenvalue weighted by molar-refractivity contribution is 5.75. The third kappa shape index (κ3) is 5.89. The third-order valence-electron chi connectivity index (χ3n) is 5.66. The van der Waals surface area contributed by atoms with Crippen LogP contribution in [0.1, 0.15) is 42.5 Å². The van der Waals surface area contributed by atoms with Crippen molar-refractivity contribution in [2.24, 2.45) is 0 Å². The van der Waals surface area contributed by atoms with Crippen molar-refractivity contribution in [3.05, 3.63) is 59.2 Å². The molecule has 0 bridgehead atoms. The maximum absolute atomic E-state index is 12.6. The number of nitrogens with one attached hydrogen (secondary N) is 2. The smallest absolute Gasteiger partial charge is 0.315 e. The summed E-state index contributed by atoms with van der Waals surface area (Å²) in [4.78, 5) is 15.0. The second-order valence-corrected chi connectivity index (χ2v) is 7.99. The van der Waals surface area contributed by atoms with E-state index in [1.54, 1.807) is 14.2 Å². The van der Waals surface area contributed by atoms with Crippen LogP contribution < -0.4 is 20.1 Å². The van der Waals surface area contributed by atoms with Crippen molar-refractivity contribution in [2.45, 2.75) is 45.3 Å². The van der Waals surface area contributed by atoms with Crippen molar-refractivity contribution in [3.8, 4) is 11.5 Å². The molecule has 2 aromatic rings. The van der Waals surface area contributed by atoms with Crippen molar-refractivity contribution >= 4 is 6.03 Å². The summed E-state index contributed by atoms with van der Waals surface area (Å²) in [5, 5.41) is 6.16. The summed E-state index contributed by atoms with van der Waals surface area (Å²) in [5.74, 6) is 1.47. The van der Waals surface area contributed by atoms with Gasteiger partial charge in [0.15, 0.2) is 0 Å². The molecule has 1 saturated heterocycles. The fourth-order valence-corrected chi connectivity index (χ4v) is 3.98. The van der Waals surface area contributed by atoms with Gasteiger partial charge in [0.25, 0.3) is 0 Å². The number of nitrogens with zero attached hydrogens (tertiary/aromatic N) is 1. The highest BCUT2D eigenvalue weighted by Crippen LogP contribution is 2.29. The molecule has 30 heavy (non-hydrogen) atoms. The Labute approximate surface area is 179 Å².